The van der Waals surface area contributed by atoms with Crippen LogP contribution >= 0.6 is 0 Å². The fourth-order valence-corrected chi connectivity index (χ4v) is 3.94. The van der Waals surface area contributed by atoms with E-state index >= 15 is 0 Å². The predicted molar refractivity (Wildman–Crippen MR) is 115 cm³/mol. The summed E-state index contributed by atoms with van der Waals surface area (Å²) in [5.74, 6) is -0.116. The van der Waals surface area contributed by atoms with Gasteiger partial charge in [-0.05, 0) is 30.0 Å². The van der Waals surface area contributed by atoms with Crippen molar-refractivity contribution in [3.05, 3.63) is 41.0 Å². The van der Waals surface area contributed by atoms with Crippen LogP contribution in [-0.2, 0) is 23.9 Å². The number of hydrogen-bond acceptors (Lipinski definition) is 7. The number of aliphatic hydroxyl groups excluding tert-OH is 2. The van der Waals surface area contributed by atoms with E-state index in [1.165, 1.54) is 12.1 Å². The number of hydrogen-bond donors (Lipinski definition) is 5. The molecule has 3 aromatic rings. The molecular weight excluding hydrogens is 463 g/mol. The van der Waals surface area contributed by atoms with Crippen LogP contribution in [0, 0.1) is 5.92 Å². The highest BCUT2D eigenvalue weighted by Gasteiger charge is 2.38. The molecule has 0 saturated heterocycles. The first-order valence-corrected chi connectivity index (χ1v) is 11.2. The number of alkyl halides is 3. The van der Waals surface area contributed by atoms with Gasteiger partial charge in [0.2, 0.25) is 5.95 Å². The van der Waals surface area contributed by atoms with E-state index in [2.05, 4.69) is 25.3 Å². The summed E-state index contributed by atoms with van der Waals surface area (Å²) in [7, 11) is 0. The molecule has 2 aromatic heterocycles. The Labute approximate surface area is 189 Å². The first kappa shape index (κ1) is 25.0. The Morgan fingerprint density at radius 3 is 2.48 bits per heavy atom. The van der Waals surface area contributed by atoms with Crippen molar-refractivity contribution in [2.24, 2.45) is 5.92 Å². The molecule has 0 aliphatic rings. The van der Waals surface area contributed by atoms with Crippen molar-refractivity contribution in [1.29, 1.82) is 0 Å². The molecular formula is C20H24F3N5O4S. The van der Waals surface area contributed by atoms with Gasteiger partial charge in [-0.2, -0.15) is 13.2 Å². The van der Waals surface area contributed by atoms with Crippen LogP contribution in [0.3, 0.4) is 0 Å². The number of halogens is 3. The topological polar surface area (TPSA) is 144 Å². The van der Waals surface area contributed by atoms with Gasteiger partial charge in [0.05, 0.1) is 34.7 Å². The summed E-state index contributed by atoms with van der Waals surface area (Å²) in [6.45, 7) is 4.73. The average Bonchev–Trinajstić information content (AvgIpc) is 3.17. The maximum Gasteiger partial charge on any atom is 0.433 e. The van der Waals surface area contributed by atoms with E-state index in [-0.39, 0.29) is 28.7 Å². The van der Waals surface area contributed by atoms with Gasteiger partial charge in [-0.1, -0.05) is 20.8 Å². The zero-order valence-electron chi connectivity index (χ0n) is 18.0. The fraction of sp³-hybridized carbons (Fsp3) is 0.450. The van der Waals surface area contributed by atoms with Crippen molar-refractivity contribution >= 4 is 28.1 Å². The molecule has 3 unspecified atom stereocenters. The number of fused-ring (bicyclic) bond motifs is 1. The summed E-state index contributed by atoms with van der Waals surface area (Å²) in [4.78, 5) is 15.1. The third-order valence-electron chi connectivity index (χ3n) is 5.12. The SMILES string of the molecule is CCC(O)c1cnc(NC(c2nc3cc(S(=O)O)c(CO)cc3[nH]2)C(C)C)nc1C(F)(F)F. The number of anilines is 1. The minimum Gasteiger partial charge on any atom is -0.392 e. The quantitative estimate of drug-likeness (QED) is 0.303. The summed E-state index contributed by atoms with van der Waals surface area (Å²) >= 11 is -2.33. The van der Waals surface area contributed by atoms with Crippen LogP contribution in [-0.4, -0.2) is 38.9 Å². The molecule has 0 bridgehead atoms. The molecule has 180 valence electrons. The van der Waals surface area contributed by atoms with Gasteiger partial charge in [0.25, 0.3) is 0 Å². The minimum absolute atomic E-state index is 0.0142. The van der Waals surface area contributed by atoms with E-state index in [9.17, 15) is 32.1 Å². The number of aliphatic hydroxyl groups is 2. The number of aromatic nitrogens is 4. The molecule has 33 heavy (non-hydrogen) atoms. The van der Waals surface area contributed by atoms with Crippen molar-refractivity contribution in [3.8, 4) is 0 Å². The van der Waals surface area contributed by atoms with Crippen molar-refractivity contribution in [1.82, 2.24) is 19.9 Å². The van der Waals surface area contributed by atoms with Gasteiger partial charge in [-0.15, -0.1) is 0 Å². The monoisotopic (exact) mass is 487 g/mol. The lowest BCUT2D eigenvalue weighted by Crippen LogP contribution is -2.22. The zero-order valence-corrected chi connectivity index (χ0v) is 18.8. The summed E-state index contributed by atoms with van der Waals surface area (Å²) in [5.41, 5.74) is -0.541. The van der Waals surface area contributed by atoms with Crippen molar-refractivity contribution in [3.63, 3.8) is 0 Å². The third kappa shape index (κ3) is 5.32. The van der Waals surface area contributed by atoms with Crippen LogP contribution in [0.1, 0.15) is 62.0 Å². The number of H-pyrrole nitrogens is 1. The van der Waals surface area contributed by atoms with Crippen molar-refractivity contribution in [2.75, 3.05) is 5.32 Å². The number of aromatic amines is 1. The number of nitrogens with zero attached hydrogens (tertiary/aromatic N) is 3. The molecule has 0 fully saturated rings. The van der Waals surface area contributed by atoms with Crippen LogP contribution in [0.5, 0.6) is 0 Å². The smallest absolute Gasteiger partial charge is 0.392 e. The summed E-state index contributed by atoms with van der Waals surface area (Å²) in [6, 6.07) is 2.22. The summed E-state index contributed by atoms with van der Waals surface area (Å²) in [6.07, 6.45) is -5.10. The van der Waals surface area contributed by atoms with Crippen LogP contribution < -0.4 is 5.32 Å². The molecule has 3 atom stereocenters. The van der Waals surface area contributed by atoms with Crippen molar-refractivity contribution in [2.45, 2.75) is 57.0 Å². The Morgan fingerprint density at radius 2 is 1.94 bits per heavy atom. The number of nitrogens with one attached hydrogen (secondary N) is 2. The molecule has 13 heteroatoms. The highest BCUT2D eigenvalue weighted by molar-refractivity contribution is 7.79. The van der Waals surface area contributed by atoms with E-state index in [1.54, 1.807) is 6.92 Å². The van der Waals surface area contributed by atoms with Gasteiger partial charge in [-0.25, -0.2) is 19.2 Å². The lowest BCUT2D eigenvalue weighted by molar-refractivity contribution is -0.142. The maximum absolute atomic E-state index is 13.5. The van der Waals surface area contributed by atoms with E-state index in [0.29, 0.717) is 16.9 Å². The van der Waals surface area contributed by atoms with Crippen LogP contribution in [0.25, 0.3) is 11.0 Å². The predicted octanol–water partition coefficient (Wildman–Crippen LogP) is 3.70. The molecule has 0 saturated carbocycles. The standard InChI is InChI=1S/C20H24F3N5O4S/c1-4-14(30)11-7-24-19(28-17(11)20(21,22)23)27-16(9(2)3)18-25-12-5-10(8-29)15(33(31)32)6-13(12)26-18/h5-7,9,14,16,29-30H,4,8H2,1-3H3,(H,25,26)(H,31,32)(H,24,27,28). The molecule has 5 N–H and O–H groups in total. The number of benzene rings is 1. The van der Waals surface area contributed by atoms with Gasteiger partial charge < -0.3 is 25.1 Å². The van der Waals surface area contributed by atoms with Gasteiger partial charge in [0, 0.05) is 11.8 Å². The molecule has 0 amide bonds. The van der Waals surface area contributed by atoms with Gasteiger partial charge >= 0.3 is 6.18 Å². The Morgan fingerprint density at radius 1 is 1.24 bits per heavy atom. The Kier molecular flexibility index (Phi) is 7.36. The third-order valence-corrected chi connectivity index (χ3v) is 5.87. The highest BCUT2D eigenvalue weighted by atomic mass is 32.2. The second-order valence-corrected chi connectivity index (χ2v) is 8.73. The average molecular weight is 488 g/mol. The number of imidazole rings is 1. The van der Waals surface area contributed by atoms with E-state index in [1.807, 2.05) is 13.8 Å². The van der Waals surface area contributed by atoms with Gasteiger partial charge in [-0.3, -0.25) is 0 Å². The van der Waals surface area contributed by atoms with Gasteiger partial charge in [0.15, 0.2) is 16.8 Å². The molecule has 0 aliphatic carbocycles. The molecule has 1 aromatic carbocycles. The molecule has 9 nitrogen and oxygen atoms in total. The second kappa shape index (κ2) is 9.71. The molecule has 0 spiro atoms. The number of rotatable bonds is 8. The maximum atomic E-state index is 13.5. The Bertz CT molecular complexity index is 1170. The molecule has 0 aliphatic heterocycles. The normalized spacial score (nSPS) is 15.1. The van der Waals surface area contributed by atoms with E-state index < -0.39 is 47.3 Å². The summed E-state index contributed by atoms with van der Waals surface area (Å²) in [5, 5.41) is 22.3. The second-order valence-electron chi connectivity index (χ2n) is 7.79. The van der Waals surface area contributed by atoms with E-state index in [4.69, 9.17) is 0 Å². The largest absolute Gasteiger partial charge is 0.433 e. The van der Waals surface area contributed by atoms with Crippen LogP contribution in [0.4, 0.5) is 19.1 Å². The molecule has 3 rings (SSSR count). The highest BCUT2D eigenvalue weighted by Crippen LogP contribution is 2.35. The first-order valence-electron chi connectivity index (χ1n) is 10.1. The van der Waals surface area contributed by atoms with Gasteiger partial charge in [0.1, 0.15) is 5.82 Å². The van der Waals surface area contributed by atoms with Crippen LogP contribution in [0.15, 0.2) is 23.2 Å². The lowest BCUT2D eigenvalue weighted by atomic mass is 10.0. The summed E-state index contributed by atoms with van der Waals surface area (Å²) < 4.78 is 61.6. The molecule has 2 heterocycles. The Balaban J connectivity index is 2.02. The fourth-order valence-electron chi connectivity index (χ4n) is 3.38. The minimum atomic E-state index is -4.78. The zero-order chi connectivity index (χ0) is 24.5. The lowest BCUT2D eigenvalue weighted by Gasteiger charge is -2.22. The van der Waals surface area contributed by atoms with Crippen LogP contribution in [0.2, 0.25) is 0 Å². The molecule has 0 radical (unpaired) electrons. The van der Waals surface area contributed by atoms with E-state index in [0.717, 1.165) is 6.20 Å². The first-order chi connectivity index (χ1) is 15.5. The van der Waals surface area contributed by atoms with Crippen molar-refractivity contribution < 1.29 is 32.1 Å². The Hall–Kier alpha value is -2.61.